The van der Waals surface area contributed by atoms with Crippen LogP contribution in [-0.2, 0) is 10.2 Å². The Balaban J connectivity index is 2.31. The fourth-order valence-corrected chi connectivity index (χ4v) is 2.47. The van der Waals surface area contributed by atoms with Crippen LogP contribution in [0, 0.1) is 0 Å². The number of rotatable bonds is 4. The zero-order valence-electron chi connectivity index (χ0n) is 8.92. The Morgan fingerprint density at radius 3 is 2.53 bits per heavy atom. The highest BCUT2D eigenvalue weighted by atomic mass is 35.5. The Morgan fingerprint density at radius 1 is 1.47 bits per heavy atom. The van der Waals surface area contributed by atoms with Gasteiger partial charge in [-0.05, 0) is 24.5 Å². The molecule has 1 fully saturated rings. The third-order valence-electron chi connectivity index (χ3n) is 3.16. The predicted molar refractivity (Wildman–Crippen MR) is 59.6 cm³/mol. The number of halogens is 3. The highest BCUT2D eigenvalue weighted by Gasteiger charge is 2.47. The SMILES string of the molecule is O=C(O)CC1(c2ccc(C(F)F)cc2Cl)CC1. The summed E-state index contributed by atoms with van der Waals surface area (Å²) in [7, 11) is 0. The number of hydrogen-bond acceptors (Lipinski definition) is 1. The molecule has 2 rings (SSSR count). The van der Waals surface area contributed by atoms with Crippen molar-refractivity contribution in [3.63, 3.8) is 0 Å². The van der Waals surface area contributed by atoms with Crippen LogP contribution in [0.25, 0.3) is 0 Å². The first kappa shape index (κ1) is 12.3. The summed E-state index contributed by atoms with van der Waals surface area (Å²) in [6.07, 6.45) is -1.07. The molecule has 0 aliphatic heterocycles. The first-order valence-electron chi connectivity index (χ1n) is 5.24. The van der Waals surface area contributed by atoms with Crippen molar-refractivity contribution in [1.29, 1.82) is 0 Å². The number of carboxylic acids is 1. The standard InChI is InChI=1S/C12H11ClF2O2/c13-9-5-7(11(14)15)1-2-8(9)12(3-4-12)6-10(16)17/h1-2,5,11H,3-4,6H2,(H,16,17). The number of hydrogen-bond donors (Lipinski definition) is 1. The molecule has 92 valence electrons. The number of benzene rings is 1. The van der Waals surface area contributed by atoms with Crippen molar-refractivity contribution >= 4 is 17.6 Å². The van der Waals surface area contributed by atoms with Crippen LogP contribution in [0.1, 0.15) is 36.8 Å². The van der Waals surface area contributed by atoms with Gasteiger partial charge in [0.1, 0.15) is 0 Å². The monoisotopic (exact) mass is 260 g/mol. The van der Waals surface area contributed by atoms with Crippen molar-refractivity contribution in [2.45, 2.75) is 31.1 Å². The largest absolute Gasteiger partial charge is 0.481 e. The van der Waals surface area contributed by atoms with Gasteiger partial charge >= 0.3 is 5.97 Å². The molecule has 0 bridgehead atoms. The van der Waals surface area contributed by atoms with Gasteiger partial charge in [0, 0.05) is 16.0 Å². The van der Waals surface area contributed by atoms with Crippen molar-refractivity contribution < 1.29 is 18.7 Å². The van der Waals surface area contributed by atoms with Gasteiger partial charge < -0.3 is 5.11 Å². The molecular weight excluding hydrogens is 250 g/mol. The van der Waals surface area contributed by atoms with Crippen LogP contribution in [0.5, 0.6) is 0 Å². The number of carboxylic acid groups (broad SMARTS) is 1. The Morgan fingerprint density at radius 2 is 2.12 bits per heavy atom. The average molecular weight is 261 g/mol. The van der Waals surface area contributed by atoms with Gasteiger partial charge in [0.05, 0.1) is 6.42 Å². The lowest BCUT2D eigenvalue weighted by Crippen LogP contribution is -2.13. The van der Waals surface area contributed by atoms with Gasteiger partial charge in [-0.1, -0.05) is 23.7 Å². The number of carbonyl (C=O) groups is 1. The molecule has 0 atom stereocenters. The fraction of sp³-hybridized carbons (Fsp3) is 0.417. The van der Waals surface area contributed by atoms with E-state index in [1.807, 2.05) is 0 Å². The molecule has 17 heavy (non-hydrogen) atoms. The topological polar surface area (TPSA) is 37.3 Å². The molecule has 0 spiro atoms. The van der Waals surface area contributed by atoms with E-state index in [4.69, 9.17) is 16.7 Å². The minimum atomic E-state index is -2.56. The van der Waals surface area contributed by atoms with Crippen molar-refractivity contribution in [3.8, 4) is 0 Å². The first-order valence-corrected chi connectivity index (χ1v) is 5.62. The summed E-state index contributed by atoms with van der Waals surface area (Å²) >= 11 is 5.96. The quantitative estimate of drug-likeness (QED) is 0.894. The van der Waals surface area contributed by atoms with Crippen LogP contribution < -0.4 is 0 Å². The third kappa shape index (κ3) is 2.41. The van der Waals surface area contributed by atoms with Crippen molar-refractivity contribution in [3.05, 3.63) is 34.3 Å². The van der Waals surface area contributed by atoms with E-state index >= 15 is 0 Å². The maximum absolute atomic E-state index is 12.4. The smallest absolute Gasteiger partial charge is 0.304 e. The van der Waals surface area contributed by atoms with Crippen LogP contribution in [0.2, 0.25) is 5.02 Å². The van der Waals surface area contributed by atoms with Crippen molar-refractivity contribution in [1.82, 2.24) is 0 Å². The van der Waals surface area contributed by atoms with E-state index in [2.05, 4.69) is 0 Å². The lowest BCUT2D eigenvalue weighted by molar-refractivity contribution is -0.137. The maximum Gasteiger partial charge on any atom is 0.304 e. The van der Waals surface area contributed by atoms with E-state index < -0.39 is 17.8 Å². The van der Waals surface area contributed by atoms with Gasteiger partial charge in [-0.2, -0.15) is 0 Å². The minimum absolute atomic E-state index is 0.000739. The number of alkyl halides is 2. The van der Waals surface area contributed by atoms with E-state index in [0.717, 1.165) is 12.8 Å². The summed E-state index contributed by atoms with van der Waals surface area (Å²) in [6.45, 7) is 0. The van der Waals surface area contributed by atoms with Crippen LogP contribution in [0.3, 0.4) is 0 Å². The third-order valence-corrected chi connectivity index (χ3v) is 3.47. The zero-order valence-corrected chi connectivity index (χ0v) is 9.68. The summed E-state index contributed by atoms with van der Waals surface area (Å²) in [5, 5.41) is 9.06. The molecule has 2 nitrogen and oxygen atoms in total. The normalized spacial score (nSPS) is 17.2. The fourth-order valence-electron chi connectivity index (χ4n) is 2.08. The molecule has 5 heteroatoms. The summed E-state index contributed by atoms with van der Waals surface area (Å²) in [4.78, 5) is 10.8. The molecular formula is C12H11ClF2O2. The van der Waals surface area contributed by atoms with E-state index in [1.165, 1.54) is 18.2 Å². The summed E-state index contributed by atoms with van der Waals surface area (Å²) in [5.74, 6) is -0.892. The van der Waals surface area contributed by atoms with E-state index in [0.29, 0.717) is 5.56 Å². The van der Waals surface area contributed by atoms with Crippen LogP contribution in [0.15, 0.2) is 18.2 Å². The molecule has 1 N–H and O–H groups in total. The van der Waals surface area contributed by atoms with Crippen molar-refractivity contribution in [2.24, 2.45) is 0 Å². The zero-order chi connectivity index (χ0) is 12.6. The Kier molecular flexibility index (Phi) is 3.08. The van der Waals surface area contributed by atoms with Crippen molar-refractivity contribution in [2.75, 3.05) is 0 Å². The van der Waals surface area contributed by atoms with E-state index in [1.54, 1.807) is 0 Å². The molecule has 0 amide bonds. The van der Waals surface area contributed by atoms with Gasteiger partial charge in [-0.25, -0.2) is 8.78 Å². The number of aliphatic carboxylic acids is 1. The van der Waals surface area contributed by atoms with Crippen LogP contribution in [0.4, 0.5) is 8.78 Å². The lowest BCUT2D eigenvalue weighted by atomic mass is 9.91. The molecule has 1 aromatic carbocycles. The predicted octanol–water partition coefficient (Wildman–Crippen LogP) is 3.78. The second kappa shape index (κ2) is 4.26. The highest BCUT2D eigenvalue weighted by molar-refractivity contribution is 6.31. The summed E-state index contributed by atoms with van der Waals surface area (Å²) in [5.41, 5.74) is 0.0969. The van der Waals surface area contributed by atoms with Crippen LogP contribution >= 0.6 is 11.6 Å². The lowest BCUT2D eigenvalue weighted by Gasteiger charge is -2.15. The summed E-state index contributed by atoms with van der Waals surface area (Å²) in [6, 6.07) is 4.07. The Labute approximate surface area is 102 Å². The average Bonchev–Trinajstić information content (AvgIpc) is 2.97. The van der Waals surface area contributed by atoms with Gasteiger partial charge in [-0.3, -0.25) is 4.79 Å². The molecule has 1 aromatic rings. The van der Waals surface area contributed by atoms with Gasteiger partial charge in [0.15, 0.2) is 0 Å². The molecule has 0 heterocycles. The molecule has 0 unspecified atom stereocenters. The molecule has 0 saturated heterocycles. The molecule has 1 saturated carbocycles. The summed E-state index contributed by atoms with van der Waals surface area (Å²) < 4.78 is 24.9. The van der Waals surface area contributed by atoms with Gasteiger partial charge in [0.2, 0.25) is 0 Å². The van der Waals surface area contributed by atoms with E-state index in [-0.39, 0.29) is 17.0 Å². The Bertz CT molecular complexity index is 456. The molecule has 1 aliphatic carbocycles. The van der Waals surface area contributed by atoms with Gasteiger partial charge in [0.25, 0.3) is 6.43 Å². The minimum Gasteiger partial charge on any atom is -0.481 e. The molecule has 0 aromatic heterocycles. The highest BCUT2D eigenvalue weighted by Crippen LogP contribution is 2.53. The molecule has 1 aliphatic rings. The first-order chi connectivity index (χ1) is 7.94. The van der Waals surface area contributed by atoms with E-state index in [9.17, 15) is 13.6 Å². The molecule has 0 radical (unpaired) electrons. The van der Waals surface area contributed by atoms with Crippen LogP contribution in [-0.4, -0.2) is 11.1 Å². The van der Waals surface area contributed by atoms with Gasteiger partial charge in [-0.15, -0.1) is 0 Å². The Hall–Kier alpha value is -1.16. The second-order valence-electron chi connectivity index (χ2n) is 4.39. The second-order valence-corrected chi connectivity index (χ2v) is 4.80. The maximum atomic E-state index is 12.4.